The van der Waals surface area contributed by atoms with Gasteiger partial charge in [-0.2, -0.15) is 4.31 Å². The molecule has 2 aromatic rings. The van der Waals surface area contributed by atoms with E-state index in [1.807, 2.05) is 0 Å². The Kier molecular flexibility index (Phi) is 8.26. The molecule has 1 fully saturated rings. The Morgan fingerprint density at radius 3 is 2.24 bits per heavy atom. The van der Waals surface area contributed by atoms with E-state index in [1.54, 1.807) is 35.8 Å². The van der Waals surface area contributed by atoms with E-state index in [1.165, 1.54) is 31.4 Å². The molecule has 11 heteroatoms. The number of hydrogen-bond acceptors (Lipinski definition) is 8. The summed E-state index contributed by atoms with van der Waals surface area (Å²) in [5.74, 6) is -1.27. The first kappa shape index (κ1) is 25.6. The van der Waals surface area contributed by atoms with Crippen molar-refractivity contribution >= 4 is 21.9 Å². The summed E-state index contributed by atoms with van der Waals surface area (Å²) >= 11 is 0. The average Bonchev–Trinajstić information content (AvgIpc) is 2.88. The molecule has 2 aromatic carbocycles. The van der Waals surface area contributed by atoms with Crippen LogP contribution in [0.2, 0.25) is 0 Å². The van der Waals surface area contributed by atoms with Crippen molar-refractivity contribution in [1.29, 1.82) is 0 Å². The molecule has 3 N–H and O–H groups in total. The SMILES string of the molecule is COC(=O)C(N(Cc1ccccc1)S(=O)(=O)c1ccc(OC)cc1)C1(C(=O)NO)CCNCC1. The Bertz CT molecular complexity index is 1090. The lowest BCUT2D eigenvalue weighted by atomic mass is 9.71. The second-order valence-corrected chi connectivity index (χ2v) is 9.87. The Labute approximate surface area is 198 Å². The third kappa shape index (κ3) is 5.07. The van der Waals surface area contributed by atoms with Crippen LogP contribution in [-0.2, 0) is 30.9 Å². The van der Waals surface area contributed by atoms with Gasteiger partial charge in [0.1, 0.15) is 11.8 Å². The van der Waals surface area contributed by atoms with E-state index in [9.17, 15) is 23.2 Å². The van der Waals surface area contributed by atoms with Crippen molar-refractivity contribution in [2.75, 3.05) is 27.3 Å². The molecule has 1 aliphatic heterocycles. The van der Waals surface area contributed by atoms with E-state index >= 15 is 0 Å². The standard InChI is InChI=1S/C23H29N3O7S/c1-32-18-8-10-19(11-9-18)34(30,31)26(16-17-6-4-3-5-7-17)20(21(27)33-2)23(22(28)25-29)12-14-24-15-13-23/h3-11,20,24,29H,12-16H2,1-2H3,(H,25,28). The molecule has 0 radical (unpaired) electrons. The third-order valence-corrected chi connectivity index (χ3v) is 7.96. The number of amides is 1. The molecular formula is C23H29N3O7S. The van der Waals surface area contributed by atoms with Gasteiger partial charge < -0.3 is 14.8 Å². The zero-order valence-corrected chi connectivity index (χ0v) is 19.9. The molecule has 10 nitrogen and oxygen atoms in total. The second-order valence-electron chi connectivity index (χ2n) is 7.98. The number of carbonyl (C=O) groups excluding carboxylic acids is 2. The van der Waals surface area contributed by atoms with E-state index in [0.717, 1.165) is 11.4 Å². The Balaban J connectivity index is 2.21. The molecule has 0 bridgehead atoms. The van der Waals surface area contributed by atoms with Gasteiger partial charge in [0.25, 0.3) is 5.91 Å². The molecule has 0 spiro atoms. The molecular weight excluding hydrogens is 462 g/mol. The number of rotatable bonds is 9. The van der Waals surface area contributed by atoms with Crippen LogP contribution in [0.4, 0.5) is 0 Å². The van der Waals surface area contributed by atoms with Gasteiger partial charge in [-0.15, -0.1) is 0 Å². The number of hydroxylamine groups is 1. The predicted molar refractivity (Wildman–Crippen MR) is 122 cm³/mol. The van der Waals surface area contributed by atoms with Crippen molar-refractivity contribution < 1.29 is 32.7 Å². The van der Waals surface area contributed by atoms with Gasteiger partial charge in [0.05, 0.1) is 24.5 Å². The van der Waals surface area contributed by atoms with Crippen LogP contribution in [0.5, 0.6) is 5.75 Å². The van der Waals surface area contributed by atoms with Gasteiger partial charge in [-0.3, -0.25) is 14.8 Å². The summed E-state index contributed by atoms with van der Waals surface area (Å²) < 4.78 is 39.1. The molecule has 3 rings (SSSR count). The van der Waals surface area contributed by atoms with Crippen LogP contribution in [0.25, 0.3) is 0 Å². The lowest BCUT2D eigenvalue weighted by Crippen LogP contribution is -2.62. The van der Waals surface area contributed by atoms with Gasteiger partial charge in [0.2, 0.25) is 10.0 Å². The van der Waals surface area contributed by atoms with Gasteiger partial charge in [0.15, 0.2) is 0 Å². The molecule has 1 amide bonds. The minimum absolute atomic E-state index is 0.0772. The molecule has 1 aliphatic rings. The summed E-state index contributed by atoms with van der Waals surface area (Å²) in [5.41, 5.74) is 0.706. The smallest absolute Gasteiger partial charge is 0.325 e. The van der Waals surface area contributed by atoms with E-state index in [-0.39, 0.29) is 24.3 Å². The summed E-state index contributed by atoms with van der Waals surface area (Å²) in [5, 5.41) is 12.7. The number of sulfonamides is 1. The van der Waals surface area contributed by atoms with Gasteiger partial charge in [0, 0.05) is 6.54 Å². The minimum Gasteiger partial charge on any atom is -0.497 e. The number of esters is 1. The fraction of sp³-hybridized carbons (Fsp3) is 0.391. The monoisotopic (exact) mass is 491 g/mol. The van der Waals surface area contributed by atoms with Crippen molar-refractivity contribution in [3.05, 3.63) is 60.2 Å². The molecule has 0 aliphatic carbocycles. The van der Waals surface area contributed by atoms with Crippen molar-refractivity contribution in [1.82, 2.24) is 15.1 Å². The normalized spacial score (nSPS) is 16.5. The zero-order valence-electron chi connectivity index (χ0n) is 19.1. The van der Waals surface area contributed by atoms with E-state index < -0.39 is 33.4 Å². The molecule has 1 saturated heterocycles. The highest BCUT2D eigenvalue weighted by Gasteiger charge is 2.55. The summed E-state index contributed by atoms with van der Waals surface area (Å²) in [6, 6.07) is 13.0. The highest BCUT2D eigenvalue weighted by atomic mass is 32.2. The summed E-state index contributed by atoms with van der Waals surface area (Å²) in [6.45, 7) is 0.508. The van der Waals surface area contributed by atoms with Crippen LogP contribution in [0.3, 0.4) is 0 Å². The van der Waals surface area contributed by atoms with Crippen LogP contribution < -0.4 is 15.5 Å². The molecule has 184 valence electrons. The number of nitrogens with zero attached hydrogens (tertiary/aromatic N) is 1. The topological polar surface area (TPSA) is 134 Å². The number of nitrogens with one attached hydrogen (secondary N) is 2. The molecule has 1 heterocycles. The largest absolute Gasteiger partial charge is 0.497 e. The summed E-state index contributed by atoms with van der Waals surface area (Å²) in [6.07, 6.45) is 0.227. The van der Waals surface area contributed by atoms with Crippen LogP contribution in [0.15, 0.2) is 59.5 Å². The van der Waals surface area contributed by atoms with E-state index in [0.29, 0.717) is 24.4 Å². The van der Waals surface area contributed by atoms with E-state index in [2.05, 4.69) is 5.32 Å². The molecule has 1 unspecified atom stereocenters. The van der Waals surface area contributed by atoms with Crippen molar-refractivity contribution in [3.63, 3.8) is 0 Å². The molecule has 0 saturated carbocycles. The van der Waals surface area contributed by atoms with Crippen LogP contribution >= 0.6 is 0 Å². The van der Waals surface area contributed by atoms with Gasteiger partial charge in [-0.05, 0) is 55.8 Å². The fourth-order valence-electron chi connectivity index (χ4n) is 4.30. The molecule has 34 heavy (non-hydrogen) atoms. The zero-order chi connectivity index (χ0) is 24.8. The van der Waals surface area contributed by atoms with Crippen molar-refractivity contribution in [2.24, 2.45) is 5.41 Å². The highest BCUT2D eigenvalue weighted by molar-refractivity contribution is 7.89. The quantitative estimate of drug-likeness (QED) is 0.272. The molecule has 1 atom stereocenters. The first-order chi connectivity index (χ1) is 16.3. The number of piperidine rings is 1. The van der Waals surface area contributed by atoms with Crippen LogP contribution in [-0.4, -0.2) is 63.2 Å². The first-order valence-corrected chi connectivity index (χ1v) is 12.2. The van der Waals surface area contributed by atoms with Gasteiger partial charge >= 0.3 is 5.97 Å². The Hall–Kier alpha value is -2.99. The minimum atomic E-state index is -4.31. The van der Waals surface area contributed by atoms with Crippen LogP contribution in [0.1, 0.15) is 18.4 Å². The summed E-state index contributed by atoms with van der Waals surface area (Å²) in [7, 11) is -1.71. The summed E-state index contributed by atoms with van der Waals surface area (Å²) in [4.78, 5) is 26.2. The predicted octanol–water partition coefficient (Wildman–Crippen LogP) is 1.30. The number of methoxy groups -OCH3 is 2. The Morgan fingerprint density at radius 2 is 1.71 bits per heavy atom. The van der Waals surface area contributed by atoms with Crippen molar-refractivity contribution in [3.8, 4) is 5.75 Å². The lowest BCUT2D eigenvalue weighted by Gasteiger charge is -2.44. The number of carbonyl (C=O) groups is 2. The van der Waals surface area contributed by atoms with Gasteiger partial charge in [-0.25, -0.2) is 13.9 Å². The maximum absolute atomic E-state index is 14.0. The number of hydrogen-bond donors (Lipinski definition) is 3. The van der Waals surface area contributed by atoms with Crippen molar-refractivity contribution in [2.45, 2.75) is 30.3 Å². The maximum atomic E-state index is 14.0. The number of ether oxygens (including phenoxy) is 2. The van der Waals surface area contributed by atoms with Gasteiger partial charge in [-0.1, -0.05) is 30.3 Å². The van der Waals surface area contributed by atoms with E-state index in [4.69, 9.17) is 9.47 Å². The second kappa shape index (κ2) is 11.0. The number of benzene rings is 2. The maximum Gasteiger partial charge on any atom is 0.325 e. The van der Waals surface area contributed by atoms with Crippen LogP contribution in [0, 0.1) is 5.41 Å². The molecule has 0 aromatic heterocycles. The highest BCUT2D eigenvalue weighted by Crippen LogP contribution is 2.40. The third-order valence-electron chi connectivity index (χ3n) is 6.13. The lowest BCUT2D eigenvalue weighted by molar-refractivity contribution is -0.160. The fourth-order valence-corrected chi connectivity index (χ4v) is 5.94. The average molecular weight is 492 g/mol. The Morgan fingerprint density at radius 1 is 1.09 bits per heavy atom. The first-order valence-electron chi connectivity index (χ1n) is 10.7.